The van der Waals surface area contributed by atoms with Gasteiger partial charge in [0.2, 0.25) is 5.91 Å². The quantitative estimate of drug-likeness (QED) is 0.477. The number of amides is 1. The third-order valence-electron chi connectivity index (χ3n) is 7.87. The number of benzene rings is 2. The second kappa shape index (κ2) is 7.50. The van der Waals surface area contributed by atoms with Gasteiger partial charge in [0.25, 0.3) is 0 Å². The fourth-order valence-electron chi connectivity index (χ4n) is 6.24. The first kappa shape index (κ1) is 21.3. The van der Waals surface area contributed by atoms with Crippen molar-refractivity contribution < 1.29 is 4.79 Å². The Morgan fingerprint density at radius 2 is 1.56 bits per heavy atom. The van der Waals surface area contributed by atoms with Crippen LogP contribution in [0.4, 0.5) is 0 Å². The van der Waals surface area contributed by atoms with Gasteiger partial charge in [-0.1, -0.05) is 37.1 Å². The Kier molecular flexibility index (Phi) is 5.00. The molecule has 0 unspecified atom stereocenters. The van der Waals surface area contributed by atoms with Crippen molar-refractivity contribution in [3.63, 3.8) is 0 Å². The van der Waals surface area contributed by atoms with Crippen molar-refractivity contribution in [3.05, 3.63) is 58.7 Å². The lowest BCUT2D eigenvalue weighted by Crippen LogP contribution is -2.45. The molecule has 0 aliphatic carbocycles. The first-order chi connectivity index (χ1) is 15.2. The molecule has 2 bridgehead atoms. The van der Waals surface area contributed by atoms with E-state index in [1.165, 1.54) is 59.0 Å². The van der Waals surface area contributed by atoms with E-state index in [-0.39, 0.29) is 0 Å². The molecule has 3 heteroatoms. The number of hydrogen-bond donors (Lipinski definition) is 1. The van der Waals surface area contributed by atoms with E-state index in [1.54, 1.807) is 0 Å². The Bertz CT molecular complexity index is 1160. The minimum absolute atomic E-state index is 0.304. The Balaban J connectivity index is 1.60. The number of fused-ring (bicyclic) bond motifs is 3. The summed E-state index contributed by atoms with van der Waals surface area (Å²) in [7, 11) is 0. The monoisotopic (exact) mass is 428 g/mol. The van der Waals surface area contributed by atoms with Gasteiger partial charge in [-0.2, -0.15) is 0 Å². The zero-order chi connectivity index (χ0) is 22.8. The van der Waals surface area contributed by atoms with Gasteiger partial charge in [-0.15, -0.1) is 0 Å². The van der Waals surface area contributed by atoms with E-state index in [1.807, 2.05) is 0 Å². The molecule has 0 saturated carbocycles. The van der Waals surface area contributed by atoms with Crippen molar-refractivity contribution in [2.75, 3.05) is 0 Å². The maximum Gasteiger partial charge on any atom is 0.233 e. The highest BCUT2D eigenvalue weighted by Crippen LogP contribution is 2.42. The first-order valence-corrected chi connectivity index (χ1v) is 12.2. The predicted octanol–water partition coefficient (Wildman–Crippen LogP) is 7.01. The summed E-state index contributed by atoms with van der Waals surface area (Å²) in [5, 5.41) is 1.25. The fraction of sp³-hybridized carbons (Fsp3) is 0.483. The fourth-order valence-corrected chi connectivity index (χ4v) is 6.24. The standard InChI is InChI=1S/C29H36N2O/c1-17(2)26-24-16-21(29(5,6)28(32)31-22-8-9-23(31)11-10-22)7-12-25(24)30-27(26)20-14-18(3)13-19(4)15-20/h7,12-17,22-23,30H,8-11H2,1-6H3. The van der Waals surface area contributed by atoms with E-state index in [0.29, 0.717) is 23.9 Å². The second-order valence-electron chi connectivity index (χ2n) is 11.0. The molecule has 0 radical (unpaired) electrons. The molecule has 5 rings (SSSR count). The van der Waals surface area contributed by atoms with Crippen LogP contribution in [0.15, 0.2) is 36.4 Å². The Morgan fingerprint density at radius 3 is 2.12 bits per heavy atom. The van der Waals surface area contributed by atoms with Crippen molar-refractivity contribution in [1.82, 2.24) is 9.88 Å². The van der Waals surface area contributed by atoms with Gasteiger partial charge < -0.3 is 9.88 Å². The Labute approximate surface area is 192 Å². The summed E-state index contributed by atoms with van der Waals surface area (Å²) >= 11 is 0. The van der Waals surface area contributed by atoms with Gasteiger partial charge in [0.05, 0.1) is 5.41 Å². The minimum Gasteiger partial charge on any atom is -0.354 e. The maximum atomic E-state index is 13.7. The molecule has 32 heavy (non-hydrogen) atoms. The van der Waals surface area contributed by atoms with Gasteiger partial charge in [0.1, 0.15) is 0 Å². The molecule has 1 aromatic heterocycles. The van der Waals surface area contributed by atoms with Gasteiger partial charge >= 0.3 is 0 Å². The average Bonchev–Trinajstić information content (AvgIpc) is 3.43. The summed E-state index contributed by atoms with van der Waals surface area (Å²) in [5.74, 6) is 0.682. The number of aromatic amines is 1. The molecule has 2 aromatic carbocycles. The largest absolute Gasteiger partial charge is 0.354 e. The van der Waals surface area contributed by atoms with Crippen LogP contribution in [0.5, 0.6) is 0 Å². The van der Waals surface area contributed by atoms with Crippen molar-refractivity contribution >= 4 is 16.8 Å². The summed E-state index contributed by atoms with van der Waals surface area (Å²) in [6, 6.07) is 14.3. The molecule has 1 N–H and O–H groups in total. The molecule has 3 nitrogen and oxygen atoms in total. The number of nitrogens with one attached hydrogen (secondary N) is 1. The number of carbonyl (C=O) groups is 1. The molecule has 0 spiro atoms. The third-order valence-corrected chi connectivity index (χ3v) is 7.87. The van der Waals surface area contributed by atoms with Crippen LogP contribution in [0, 0.1) is 13.8 Å². The van der Waals surface area contributed by atoms with Crippen LogP contribution >= 0.6 is 0 Å². The molecular formula is C29H36N2O. The lowest BCUT2D eigenvalue weighted by molar-refractivity contribution is -0.137. The molecular weight excluding hydrogens is 392 g/mol. The molecule has 2 aliphatic heterocycles. The summed E-state index contributed by atoms with van der Waals surface area (Å²) in [5.41, 5.74) is 8.10. The van der Waals surface area contributed by atoms with E-state index in [9.17, 15) is 4.79 Å². The third kappa shape index (κ3) is 3.29. The number of aromatic nitrogens is 1. The lowest BCUT2D eigenvalue weighted by atomic mass is 9.81. The molecule has 2 aliphatic rings. The number of nitrogens with zero attached hydrogens (tertiary/aromatic N) is 1. The molecule has 3 heterocycles. The predicted molar refractivity (Wildman–Crippen MR) is 133 cm³/mol. The summed E-state index contributed by atoms with van der Waals surface area (Å²) in [6.45, 7) is 13.1. The molecule has 168 valence electrons. The zero-order valence-corrected chi connectivity index (χ0v) is 20.4. The topological polar surface area (TPSA) is 36.1 Å². The second-order valence-corrected chi connectivity index (χ2v) is 11.0. The van der Waals surface area contributed by atoms with Crippen molar-refractivity contribution in [2.24, 2.45) is 0 Å². The van der Waals surface area contributed by atoms with Crippen LogP contribution in [0.3, 0.4) is 0 Å². The summed E-state index contributed by atoms with van der Waals surface area (Å²) in [4.78, 5) is 19.6. The van der Waals surface area contributed by atoms with Crippen LogP contribution in [0.1, 0.15) is 81.5 Å². The van der Waals surface area contributed by atoms with Gasteiger partial charge in [0.15, 0.2) is 0 Å². The minimum atomic E-state index is -0.523. The maximum absolute atomic E-state index is 13.7. The number of H-pyrrole nitrogens is 1. The number of aryl methyl sites for hydroxylation is 2. The molecule has 2 fully saturated rings. The number of carbonyl (C=O) groups excluding carboxylic acids is 1. The number of rotatable bonds is 4. The van der Waals surface area contributed by atoms with Gasteiger partial charge in [-0.05, 0) is 100 Å². The molecule has 2 saturated heterocycles. The Morgan fingerprint density at radius 1 is 0.969 bits per heavy atom. The van der Waals surface area contributed by atoms with Crippen molar-refractivity contribution in [2.45, 2.75) is 90.6 Å². The van der Waals surface area contributed by atoms with E-state index in [4.69, 9.17) is 0 Å². The van der Waals surface area contributed by atoms with Crippen molar-refractivity contribution in [1.29, 1.82) is 0 Å². The first-order valence-electron chi connectivity index (χ1n) is 12.2. The highest BCUT2D eigenvalue weighted by Gasteiger charge is 2.46. The van der Waals surface area contributed by atoms with Gasteiger partial charge in [-0.3, -0.25) is 4.79 Å². The van der Waals surface area contributed by atoms with Crippen LogP contribution in [-0.4, -0.2) is 27.9 Å². The van der Waals surface area contributed by atoms with E-state index < -0.39 is 5.41 Å². The van der Waals surface area contributed by atoms with E-state index in [2.05, 4.69) is 87.8 Å². The zero-order valence-electron chi connectivity index (χ0n) is 20.4. The smallest absolute Gasteiger partial charge is 0.233 e. The van der Waals surface area contributed by atoms with Crippen LogP contribution in [0.2, 0.25) is 0 Å². The van der Waals surface area contributed by atoms with Gasteiger partial charge in [-0.25, -0.2) is 0 Å². The number of hydrogen-bond acceptors (Lipinski definition) is 1. The van der Waals surface area contributed by atoms with Crippen molar-refractivity contribution in [3.8, 4) is 11.3 Å². The van der Waals surface area contributed by atoms with Crippen LogP contribution in [-0.2, 0) is 10.2 Å². The van der Waals surface area contributed by atoms with Gasteiger partial charge in [0, 0.05) is 28.7 Å². The van der Waals surface area contributed by atoms with E-state index >= 15 is 0 Å². The summed E-state index contributed by atoms with van der Waals surface area (Å²) in [6.07, 6.45) is 4.72. The summed E-state index contributed by atoms with van der Waals surface area (Å²) < 4.78 is 0. The van der Waals surface area contributed by atoms with Crippen LogP contribution in [0.25, 0.3) is 22.2 Å². The van der Waals surface area contributed by atoms with E-state index in [0.717, 1.165) is 11.1 Å². The lowest BCUT2D eigenvalue weighted by Gasteiger charge is -2.33. The SMILES string of the molecule is Cc1cc(C)cc(-c2[nH]c3ccc(C(C)(C)C(=O)N4C5CCC4CC5)cc3c2C(C)C)c1. The Hall–Kier alpha value is -2.55. The molecule has 3 aromatic rings. The highest BCUT2D eigenvalue weighted by molar-refractivity contribution is 5.94. The highest BCUT2D eigenvalue weighted by atomic mass is 16.2. The average molecular weight is 429 g/mol. The molecule has 1 amide bonds. The van der Waals surface area contributed by atoms with Crippen LogP contribution < -0.4 is 0 Å². The molecule has 0 atom stereocenters. The normalized spacial score (nSPS) is 20.7.